The highest BCUT2D eigenvalue weighted by Crippen LogP contribution is 2.20. The predicted octanol–water partition coefficient (Wildman–Crippen LogP) is 2.16. The lowest BCUT2D eigenvalue weighted by Gasteiger charge is -1.96. The van der Waals surface area contributed by atoms with E-state index in [-0.39, 0.29) is 0 Å². The Morgan fingerprint density at radius 1 is 1.43 bits per heavy atom. The van der Waals surface area contributed by atoms with Gasteiger partial charge < -0.3 is 4.98 Å². The average Bonchev–Trinajstić information content (AvgIpc) is 2.61. The summed E-state index contributed by atoms with van der Waals surface area (Å²) < 4.78 is 0. The Kier molecular flexibility index (Phi) is 1.83. The molecule has 68 valence electrons. The van der Waals surface area contributed by atoms with Crippen molar-refractivity contribution in [3.05, 3.63) is 35.0 Å². The number of nitrogens with zero attached hydrogens (tertiary/aromatic N) is 1. The van der Waals surface area contributed by atoms with Gasteiger partial charge in [0.15, 0.2) is 0 Å². The van der Waals surface area contributed by atoms with E-state index < -0.39 is 0 Å². The van der Waals surface area contributed by atoms with Crippen molar-refractivity contribution in [3.63, 3.8) is 0 Å². The fourth-order valence-electron chi connectivity index (χ4n) is 1.58. The Balaban J connectivity index is 2.81. The predicted molar refractivity (Wildman–Crippen MR) is 53.1 cm³/mol. The minimum atomic E-state index is 0.520. The van der Waals surface area contributed by atoms with Gasteiger partial charge in [-0.25, -0.2) is 0 Å². The maximum absolute atomic E-state index is 10.6. The molecular weight excluding hydrogens is 176 g/mol. The van der Waals surface area contributed by atoms with Crippen LogP contribution >= 0.6 is 0 Å². The molecule has 0 aliphatic carbocycles. The van der Waals surface area contributed by atoms with Crippen LogP contribution in [0.15, 0.2) is 18.2 Å². The molecule has 14 heavy (non-hydrogen) atoms. The highest BCUT2D eigenvalue weighted by molar-refractivity contribution is 5.90. The molecule has 0 amide bonds. The summed E-state index contributed by atoms with van der Waals surface area (Å²) in [5.41, 5.74) is 2.98. The topological polar surface area (TPSA) is 56.6 Å². The van der Waals surface area contributed by atoms with E-state index >= 15 is 0 Å². The standard InChI is InChI=1S/C11H8N2O/c1-7-2-8(6-14)3-11-10(7)4-9(5-12)13-11/h2-4,6,13H,1H3. The summed E-state index contributed by atoms with van der Waals surface area (Å²) in [6.07, 6.45) is 0.805. The molecule has 1 aromatic carbocycles. The molecule has 3 nitrogen and oxygen atoms in total. The number of carbonyl (C=O) groups excluding carboxylic acids is 1. The number of aldehydes is 1. The minimum absolute atomic E-state index is 0.520. The third-order valence-corrected chi connectivity index (χ3v) is 2.22. The average molecular weight is 184 g/mol. The summed E-state index contributed by atoms with van der Waals surface area (Å²) in [5, 5.41) is 9.70. The Hall–Kier alpha value is -2.08. The maximum Gasteiger partial charge on any atom is 0.150 e. The lowest BCUT2D eigenvalue weighted by atomic mass is 10.1. The lowest BCUT2D eigenvalue weighted by molar-refractivity contribution is 0.112. The Labute approximate surface area is 81.0 Å². The smallest absolute Gasteiger partial charge is 0.150 e. The van der Waals surface area contributed by atoms with Crippen LogP contribution in [0.5, 0.6) is 0 Å². The van der Waals surface area contributed by atoms with Crippen molar-refractivity contribution in [2.75, 3.05) is 0 Å². The zero-order chi connectivity index (χ0) is 10.1. The molecule has 0 spiro atoms. The van der Waals surface area contributed by atoms with Crippen LogP contribution in [0, 0.1) is 18.3 Å². The minimum Gasteiger partial charge on any atom is -0.346 e. The number of hydrogen-bond acceptors (Lipinski definition) is 2. The first-order chi connectivity index (χ1) is 6.74. The maximum atomic E-state index is 10.6. The molecule has 2 rings (SSSR count). The second-order valence-electron chi connectivity index (χ2n) is 3.21. The monoisotopic (exact) mass is 184 g/mol. The van der Waals surface area contributed by atoms with Crippen LogP contribution < -0.4 is 0 Å². The van der Waals surface area contributed by atoms with Gasteiger partial charge in [-0.1, -0.05) is 0 Å². The molecular formula is C11H8N2O. The van der Waals surface area contributed by atoms with Crippen molar-refractivity contribution >= 4 is 17.2 Å². The van der Waals surface area contributed by atoms with E-state index in [1.165, 1.54) is 0 Å². The number of aromatic amines is 1. The zero-order valence-electron chi connectivity index (χ0n) is 7.66. The van der Waals surface area contributed by atoms with E-state index in [1.54, 1.807) is 12.1 Å². The van der Waals surface area contributed by atoms with E-state index in [0.29, 0.717) is 11.3 Å². The van der Waals surface area contributed by atoms with Crippen LogP contribution in [0.25, 0.3) is 10.9 Å². The number of carbonyl (C=O) groups is 1. The summed E-state index contributed by atoms with van der Waals surface area (Å²) in [5.74, 6) is 0. The normalized spacial score (nSPS) is 10.0. The molecule has 0 aliphatic rings. The molecule has 2 aromatic rings. The molecule has 0 saturated heterocycles. The molecule has 0 atom stereocenters. The first-order valence-electron chi connectivity index (χ1n) is 4.23. The van der Waals surface area contributed by atoms with Gasteiger partial charge in [0.2, 0.25) is 0 Å². The molecule has 1 aromatic heterocycles. The van der Waals surface area contributed by atoms with Gasteiger partial charge in [0.25, 0.3) is 0 Å². The summed E-state index contributed by atoms with van der Waals surface area (Å²) >= 11 is 0. The third kappa shape index (κ3) is 1.17. The van der Waals surface area contributed by atoms with Crippen LogP contribution in [0.3, 0.4) is 0 Å². The van der Waals surface area contributed by atoms with Crippen LogP contribution in [-0.4, -0.2) is 11.3 Å². The third-order valence-electron chi connectivity index (χ3n) is 2.22. The van der Waals surface area contributed by atoms with Gasteiger partial charge in [0.05, 0.1) is 0 Å². The van der Waals surface area contributed by atoms with E-state index in [4.69, 9.17) is 5.26 Å². The van der Waals surface area contributed by atoms with Crippen molar-refractivity contribution in [1.29, 1.82) is 5.26 Å². The van der Waals surface area contributed by atoms with Crippen molar-refractivity contribution < 1.29 is 4.79 Å². The van der Waals surface area contributed by atoms with Crippen molar-refractivity contribution in [2.24, 2.45) is 0 Å². The van der Waals surface area contributed by atoms with Gasteiger partial charge in [-0.3, -0.25) is 4.79 Å². The van der Waals surface area contributed by atoms with E-state index in [2.05, 4.69) is 4.98 Å². The van der Waals surface area contributed by atoms with Crippen molar-refractivity contribution in [1.82, 2.24) is 4.98 Å². The Morgan fingerprint density at radius 3 is 2.86 bits per heavy atom. The summed E-state index contributed by atoms with van der Waals surface area (Å²) in [6, 6.07) is 7.38. The number of aromatic nitrogens is 1. The van der Waals surface area contributed by atoms with Crippen molar-refractivity contribution in [2.45, 2.75) is 6.92 Å². The second kappa shape index (κ2) is 3.00. The molecule has 0 aliphatic heterocycles. The first-order valence-corrected chi connectivity index (χ1v) is 4.23. The molecule has 0 radical (unpaired) electrons. The SMILES string of the molecule is Cc1cc(C=O)cc2[nH]c(C#N)cc12. The van der Waals surface area contributed by atoms with E-state index in [0.717, 1.165) is 22.8 Å². The number of nitrogens with one attached hydrogen (secondary N) is 1. The van der Waals surface area contributed by atoms with Crippen LogP contribution in [0.4, 0.5) is 0 Å². The van der Waals surface area contributed by atoms with Gasteiger partial charge in [0.1, 0.15) is 18.0 Å². The molecule has 3 heteroatoms. The summed E-state index contributed by atoms with van der Waals surface area (Å²) in [7, 11) is 0. The van der Waals surface area contributed by atoms with Crippen LogP contribution in [-0.2, 0) is 0 Å². The first kappa shape index (κ1) is 8.52. The second-order valence-corrected chi connectivity index (χ2v) is 3.21. The highest BCUT2D eigenvalue weighted by atomic mass is 16.1. The van der Waals surface area contributed by atoms with Crippen LogP contribution in [0.2, 0.25) is 0 Å². The molecule has 0 fully saturated rings. The van der Waals surface area contributed by atoms with E-state index in [1.807, 2.05) is 19.1 Å². The molecule has 0 saturated carbocycles. The number of fused-ring (bicyclic) bond motifs is 1. The fraction of sp³-hybridized carbons (Fsp3) is 0.0909. The van der Waals surface area contributed by atoms with Gasteiger partial charge in [-0.05, 0) is 30.7 Å². The number of aryl methyl sites for hydroxylation is 1. The van der Waals surface area contributed by atoms with E-state index in [9.17, 15) is 4.79 Å². The lowest BCUT2D eigenvalue weighted by Crippen LogP contribution is -1.82. The fourth-order valence-corrected chi connectivity index (χ4v) is 1.58. The number of H-pyrrole nitrogens is 1. The van der Waals surface area contributed by atoms with Crippen molar-refractivity contribution in [3.8, 4) is 6.07 Å². The molecule has 0 bridgehead atoms. The number of benzene rings is 1. The van der Waals surface area contributed by atoms with Gasteiger partial charge >= 0.3 is 0 Å². The highest BCUT2D eigenvalue weighted by Gasteiger charge is 2.04. The number of rotatable bonds is 1. The number of hydrogen-bond donors (Lipinski definition) is 1. The molecule has 0 unspecified atom stereocenters. The Morgan fingerprint density at radius 2 is 2.21 bits per heavy atom. The molecule has 1 heterocycles. The van der Waals surface area contributed by atoms with Crippen LogP contribution in [0.1, 0.15) is 21.6 Å². The summed E-state index contributed by atoms with van der Waals surface area (Å²) in [6.45, 7) is 1.92. The van der Waals surface area contributed by atoms with Gasteiger partial charge in [-0.15, -0.1) is 0 Å². The molecule has 1 N–H and O–H groups in total. The largest absolute Gasteiger partial charge is 0.346 e. The zero-order valence-corrected chi connectivity index (χ0v) is 7.66. The number of nitriles is 1. The quantitative estimate of drug-likeness (QED) is 0.690. The Bertz CT molecular complexity index is 546. The summed E-state index contributed by atoms with van der Waals surface area (Å²) in [4.78, 5) is 13.5. The van der Waals surface area contributed by atoms with Gasteiger partial charge in [0, 0.05) is 16.5 Å². The van der Waals surface area contributed by atoms with Gasteiger partial charge in [-0.2, -0.15) is 5.26 Å².